The van der Waals surface area contributed by atoms with Crippen LogP contribution < -0.4 is 4.90 Å². The molecule has 1 aromatic heterocycles. The second-order valence-electron chi connectivity index (χ2n) is 3.33. The Kier molecular flexibility index (Phi) is 2.80. The van der Waals surface area contributed by atoms with Gasteiger partial charge < -0.3 is 10.0 Å². The van der Waals surface area contributed by atoms with E-state index in [0.29, 0.717) is 0 Å². The Bertz CT molecular complexity index is 268. The van der Waals surface area contributed by atoms with Crippen molar-refractivity contribution in [3.8, 4) is 0 Å². The molecule has 2 heterocycles. The highest BCUT2D eigenvalue weighted by molar-refractivity contribution is 7.13. The van der Waals surface area contributed by atoms with E-state index in [4.69, 9.17) is 5.11 Å². The van der Waals surface area contributed by atoms with E-state index in [1.807, 2.05) is 5.38 Å². The summed E-state index contributed by atoms with van der Waals surface area (Å²) in [6, 6.07) is 0. The van der Waals surface area contributed by atoms with Crippen molar-refractivity contribution in [3.63, 3.8) is 0 Å². The summed E-state index contributed by atoms with van der Waals surface area (Å²) in [5.74, 6) is 0. The molecule has 0 atom stereocenters. The monoisotopic (exact) mass is 198 g/mol. The summed E-state index contributed by atoms with van der Waals surface area (Å²) in [6.45, 7) is 2.31. The zero-order valence-corrected chi connectivity index (χ0v) is 8.39. The molecule has 0 aliphatic carbocycles. The normalized spacial score (nSPS) is 17.8. The van der Waals surface area contributed by atoms with Crippen molar-refractivity contribution in [1.29, 1.82) is 0 Å². The maximum absolute atomic E-state index is 8.87. The minimum Gasteiger partial charge on any atom is -0.390 e. The van der Waals surface area contributed by atoms with Gasteiger partial charge in [-0.3, -0.25) is 0 Å². The third-order valence-electron chi connectivity index (χ3n) is 2.33. The molecule has 0 radical (unpaired) electrons. The van der Waals surface area contributed by atoms with Gasteiger partial charge in [-0.25, -0.2) is 4.98 Å². The van der Waals surface area contributed by atoms with E-state index in [1.165, 1.54) is 19.3 Å². The van der Waals surface area contributed by atoms with Crippen LogP contribution in [-0.2, 0) is 6.61 Å². The van der Waals surface area contributed by atoms with Crippen LogP contribution in [0.2, 0.25) is 0 Å². The summed E-state index contributed by atoms with van der Waals surface area (Å²) in [4.78, 5) is 6.66. The highest BCUT2D eigenvalue weighted by Gasteiger charge is 2.13. The fourth-order valence-electron chi connectivity index (χ4n) is 1.60. The van der Waals surface area contributed by atoms with Gasteiger partial charge in [0.15, 0.2) is 5.13 Å². The molecule has 13 heavy (non-hydrogen) atoms. The molecule has 3 nitrogen and oxygen atoms in total. The number of thiazole rings is 1. The van der Waals surface area contributed by atoms with Crippen molar-refractivity contribution in [2.45, 2.75) is 25.9 Å². The number of anilines is 1. The van der Waals surface area contributed by atoms with Gasteiger partial charge >= 0.3 is 0 Å². The van der Waals surface area contributed by atoms with Gasteiger partial charge in [0, 0.05) is 18.5 Å². The van der Waals surface area contributed by atoms with Gasteiger partial charge in [-0.1, -0.05) is 0 Å². The molecular weight excluding hydrogens is 184 g/mol. The van der Waals surface area contributed by atoms with Gasteiger partial charge in [0.05, 0.1) is 12.3 Å². The number of aliphatic hydroxyl groups excluding tert-OH is 1. The summed E-state index contributed by atoms with van der Waals surface area (Å²) >= 11 is 1.64. The van der Waals surface area contributed by atoms with Crippen molar-refractivity contribution in [2.24, 2.45) is 0 Å². The smallest absolute Gasteiger partial charge is 0.185 e. The second-order valence-corrected chi connectivity index (χ2v) is 4.16. The van der Waals surface area contributed by atoms with Crippen LogP contribution >= 0.6 is 11.3 Å². The largest absolute Gasteiger partial charge is 0.390 e. The number of aromatic nitrogens is 1. The first-order valence-corrected chi connectivity index (χ1v) is 5.58. The third-order valence-corrected chi connectivity index (χ3v) is 3.28. The van der Waals surface area contributed by atoms with Crippen LogP contribution in [0.4, 0.5) is 5.13 Å². The average molecular weight is 198 g/mol. The van der Waals surface area contributed by atoms with Gasteiger partial charge in [0.1, 0.15) is 0 Å². The highest BCUT2D eigenvalue weighted by atomic mass is 32.1. The maximum Gasteiger partial charge on any atom is 0.185 e. The van der Waals surface area contributed by atoms with Crippen LogP contribution in [0.25, 0.3) is 0 Å². The van der Waals surface area contributed by atoms with Gasteiger partial charge in [0.2, 0.25) is 0 Å². The van der Waals surface area contributed by atoms with E-state index in [2.05, 4.69) is 9.88 Å². The standard InChI is InChI=1S/C9H14N2OS/c12-6-8-7-13-9(10-8)11-4-2-1-3-5-11/h7,12H,1-6H2. The zero-order chi connectivity index (χ0) is 9.10. The molecule has 0 bridgehead atoms. The summed E-state index contributed by atoms with van der Waals surface area (Å²) in [6.07, 6.45) is 3.89. The van der Waals surface area contributed by atoms with E-state index >= 15 is 0 Å². The molecule has 1 aliphatic heterocycles. The lowest BCUT2D eigenvalue weighted by Crippen LogP contribution is -2.29. The molecular formula is C9H14N2OS. The average Bonchev–Trinajstić information content (AvgIpc) is 2.67. The van der Waals surface area contributed by atoms with Gasteiger partial charge in [-0.05, 0) is 19.3 Å². The van der Waals surface area contributed by atoms with E-state index in [1.54, 1.807) is 11.3 Å². The Morgan fingerprint density at radius 3 is 2.77 bits per heavy atom. The quantitative estimate of drug-likeness (QED) is 0.784. The van der Waals surface area contributed by atoms with Gasteiger partial charge in [-0.15, -0.1) is 11.3 Å². The van der Waals surface area contributed by atoms with Crippen LogP contribution in [0, 0.1) is 0 Å². The molecule has 0 unspecified atom stereocenters. The number of nitrogens with zero attached hydrogens (tertiary/aromatic N) is 2. The Balaban J connectivity index is 2.05. The summed E-state index contributed by atoms with van der Waals surface area (Å²) in [5.41, 5.74) is 0.797. The van der Waals surface area contributed by atoms with Crippen LogP contribution in [0.3, 0.4) is 0 Å². The van der Waals surface area contributed by atoms with Crippen LogP contribution in [0.5, 0.6) is 0 Å². The molecule has 72 valence electrons. The highest BCUT2D eigenvalue weighted by Crippen LogP contribution is 2.23. The topological polar surface area (TPSA) is 36.4 Å². The van der Waals surface area contributed by atoms with Crippen molar-refractivity contribution >= 4 is 16.5 Å². The van der Waals surface area contributed by atoms with Crippen molar-refractivity contribution in [1.82, 2.24) is 4.98 Å². The summed E-state index contributed by atoms with van der Waals surface area (Å²) in [5, 5.41) is 11.9. The summed E-state index contributed by atoms with van der Waals surface area (Å²) in [7, 11) is 0. The lowest BCUT2D eigenvalue weighted by Gasteiger charge is -2.25. The van der Waals surface area contributed by atoms with Crippen molar-refractivity contribution in [3.05, 3.63) is 11.1 Å². The van der Waals surface area contributed by atoms with E-state index in [0.717, 1.165) is 23.9 Å². The minimum absolute atomic E-state index is 0.0599. The first-order valence-electron chi connectivity index (χ1n) is 4.70. The van der Waals surface area contributed by atoms with Crippen LogP contribution in [-0.4, -0.2) is 23.2 Å². The van der Waals surface area contributed by atoms with Gasteiger partial charge in [-0.2, -0.15) is 0 Å². The Labute approximate surface area is 82.0 Å². The number of rotatable bonds is 2. The minimum atomic E-state index is 0.0599. The van der Waals surface area contributed by atoms with Gasteiger partial charge in [0.25, 0.3) is 0 Å². The van der Waals surface area contributed by atoms with Crippen LogP contribution in [0.15, 0.2) is 5.38 Å². The Hall–Kier alpha value is -0.610. The molecule has 1 saturated heterocycles. The molecule has 1 N–H and O–H groups in total. The van der Waals surface area contributed by atoms with Crippen LogP contribution in [0.1, 0.15) is 25.0 Å². The van der Waals surface area contributed by atoms with Crippen molar-refractivity contribution < 1.29 is 5.11 Å². The number of hydrogen-bond donors (Lipinski definition) is 1. The predicted molar refractivity (Wildman–Crippen MR) is 54.1 cm³/mol. The molecule has 2 rings (SSSR count). The van der Waals surface area contributed by atoms with E-state index < -0.39 is 0 Å². The molecule has 0 aromatic carbocycles. The van der Waals surface area contributed by atoms with E-state index in [9.17, 15) is 0 Å². The fourth-order valence-corrected chi connectivity index (χ4v) is 2.47. The summed E-state index contributed by atoms with van der Waals surface area (Å²) < 4.78 is 0. The van der Waals surface area contributed by atoms with E-state index in [-0.39, 0.29) is 6.61 Å². The van der Waals surface area contributed by atoms with Crippen molar-refractivity contribution in [2.75, 3.05) is 18.0 Å². The molecule has 1 fully saturated rings. The zero-order valence-electron chi connectivity index (χ0n) is 7.57. The fraction of sp³-hybridized carbons (Fsp3) is 0.667. The predicted octanol–water partition coefficient (Wildman–Crippen LogP) is 1.63. The molecule has 4 heteroatoms. The molecule has 0 amide bonds. The molecule has 1 aromatic rings. The first kappa shape index (κ1) is 8.97. The molecule has 1 aliphatic rings. The Morgan fingerprint density at radius 2 is 2.15 bits per heavy atom. The second kappa shape index (κ2) is 4.07. The lowest BCUT2D eigenvalue weighted by molar-refractivity contribution is 0.277. The number of hydrogen-bond acceptors (Lipinski definition) is 4. The SMILES string of the molecule is OCc1csc(N2CCCCC2)n1. The Morgan fingerprint density at radius 1 is 1.38 bits per heavy atom. The third kappa shape index (κ3) is 2.00. The lowest BCUT2D eigenvalue weighted by atomic mass is 10.1. The maximum atomic E-state index is 8.87. The molecule has 0 saturated carbocycles. The number of aliphatic hydroxyl groups is 1. The first-order chi connectivity index (χ1) is 6.40. The number of piperidine rings is 1. The molecule has 0 spiro atoms.